The van der Waals surface area contributed by atoms with Gasteiger partial charge in [-0.25, -0.2) is 0 Å². The van der Waals surface area contributed by atoms with Crippen molar-refractivity contribution in [3.63, 3.8) is 0 Å². The minimum Gasteiger partial charge on any atom is -0.486 e. The minimum absolute atomic E-state index is 0.121. The number of ether oxygens (including phenoxy) is 1. The molecule has 3 rings (SSSR count). The van der Waals surface area contributed by atoms with E-state index in [0.29, 0.717) is 22.8 Å². The molecule has 0 saturated heterocycles. The second kappa shape index (κ2) is 10.7. The van der Waals surface area contributed by atoms with Crippen molar-refractivity contribution in [3.05, 3.63) is 69.2 Å². The van der Waals surface area contributed by atoms with Crippen LogP contribution in [0.4, 0.5) is 5.69 Å². The number of hydrogen-bond acceptors (Lipinski definition) is 6. The maximum atomic E-state index is 12.5. The monoisotopic (exact) mass is 438 g/mol. The molecule has 0 radical (unpaired) electrons. The standard InChI is InChI=1S/C23H26N4O3S/c1-4-5-10-24-21(28)17-6-8-18(9-7-17)25-22(29)23-27-26-20(31-23)14-30-19-12-15(2)11-16(3)13-19/h6-9,11-13H,4-5,10,14H2,1-3H3,(H,24,28)(H,25,29). The number of carbonyl (C=O) groups is 2. The first kappa shape index (κ1) is 22.4. The summed E-state index contributed by atoms with van der Waals surface area (Å²) >= 11 is 1.18. The van der Waals surface area contributed by atoms with Gasteiger partial charge in [0.1, 0.15) is 12.4 Å². The van der Waals surface area contributed by atoms with E-state index in [-0.39, 0.29) is 23.4 Å². The summed E-state index contributed by atoms with van der Waals surface area (Å²) in [6.07, 6.45) is 1.97. The van der Waals surface area contributed by atoms with Crippen LogP contribution in [-0.4, -0.2) is 28.6 Å². The molecule has 0 saturated carbocycles. The van der Waals surface area contributed by atoms with Crippen LogP contribution >= 0.6 is 11.3 Å². The summed E-state index contributed by atoms with van der Waals surface area (Å²) in [5.74, 6) is 0.289. The van der Waals surface area contributed by atoms with Gasteiger partial charge in [0.05, 0.1) is 0 Å². The average Bonchev–Trinajstić information content (AvgIpc) is 3.21. The van der Waals surface area contributed by atoms with E-state index >= 15 is 0 Å². The Morgan fingerprint density at radius 3 is 2.39 bits per heavy atom. The van der Waals surface area contributed by atoms with Gasteiger partial charge in [0.2, 0.25) is 5.01 Å². The van der Waals surface area contributed by atoms with Gasteiger partial charge in [-0.2, -0.15) is 0 Å². The van der Waals surface area contributed by atoms with Gasteiger partial charge in [-0.15, -0.1) is 10.2 Å². The van der Waals surface area contributed by atoms with Crippen LogP contribution in [0.2, 0.25) is 0 Å². The van der Waals surface area contributed by atoms with E-state index < -0.39 is 0 Å². The summed E-state index contributed by atoms with van der Waals surface area (Å²) in [4.78, 5) is 24.5. The average molecular weight is 439 g/mol. The van der Waals surface area contributed by atoms with Crippen LogP contribution < -0.4 is 15.4 Å². The fourth-order valence-corrected chi connectivity index (χ4v) is 3.58. The molecule has 1 aromatic heterocycles. The van der Waals surface area contributed by atoms with E-state index in [2.05, 4.69) is 33.8 Å². The Hall–Kier alpha value is -3.26. The summed E-state index contributed by atoms with van der Waals surface area (Å²) in [6.45, 7) is 7.00. The zero-order valence-electron chi connectivity index (χ0n) is 17.9. The zero-order chi connectivity index (χ0) is 22.2. The lowest BCUT2D eigenvalue weighted by Gasteiger charge is -2.06. The van der Waals surface area contributed by atoms with Crippen molar-refractivity contribution in [2.24, 2.45) is 0 Å². The SMILES string of the molecule is CCCCNC(=O)c1ccc(NC(=O)c2nnc(COc3cc(C)cc(C)c3)s2)cc1. The molecule has 7 nitrogen and oxygen atoms in total. The van der Waals surface area contributed by atoms with Crippen LogP contribution in [0, 0.1) is 13.8 Å². The molecule has 31 heavy (non-hydrogen) atoms. The Kier molecular flexibility index (Phi) is 7.72. The molecule has 1 heterocycles. The van der Waals surface area contributed by atoms with Crippen LogP contribution in [0.1, 0.15) is 56.1 Å². The molecule has 162 valence electrons. The van der Waals surface area contributed by atoms with E-state index in [0.717, 1.165) is 29.7 Å². The Labute approximate surface area is 185 Å². The molecular formula is C23H26N4O3S. The number of amides is 2. The van der Waals surface area contributed by atoms with Crippen molar-refractivity contribution in [1.82, 2.24) is 15.5 Å². The largest absolute Gasteiger partial charge is 0.486 e. The lowest BCUT2D eigenvalue weighted by molar-refractivity contribution is 0.0952. The summed E-state index contributed by atoms with van der Waals surface area (Å²) in [5.41, 5.74) is 3.38. The number of aryl methyl sites for hydroxylation is 2. The molecule has 0 fully saturated rings. The highest BCUT2D eigenvalue weighted by molar-refractivity contribution is 7.13. The van der Waals surface area contributed by atoms with Crippen LogP contribution in [0.3, 0.4) is 0 Å². The smallest absolute Gasteiger partial charge is 0.286 e. The van der Waals surface area contributed by atoms with Crippen molar-refractivity contribution in [2.45, 2.75) is 40.2 Å². The van der Waals surface area contributed by atoms with E-state index in [1.165, 1.54) is 11.3 Å². The highest BCUT2D eigenvalue weighted by Gasteiger charge is 2.14. The number of aromatic nitrogens is 2. The van der Waals surface area contributed by atoms with Crippen molar-refractivity contribution < 1.29 is 14.3 Å². The van der Waals surface area contributed by atoms with Gasteiger partial charge in [0, 0.05) is 17.8 Å². The summed E-state index contributed by atoms with van der Waals surface area (Å²) in [7, 11) is 0. The molecule has 0 aliphatic heterocycles. The van der Waals surface area contributed by atoms with Gasteiger partial charge in [-0.05, 0) is 67.8 Å². The quantitative estimate of drug-likeness (QED) is 0.479. The second-order valence-electron chi connectivity index (χ2n) is 7.25. The van der Waals surface area contributed by atoms with Crippen molar-refractivity contribution >= 4 is 28.8 Å². The number of hydrogen-bond donors (Lipinski definition) is 2. The minimum atomic E-state index is -0.352. The molecule has 0 aliphatic carbocycles. The number of carbonyl (C=O) groups excluding carboxylic acids is 2. The lowest BCUT2D eigenvalue weighted by Crippen LogP contribution is -2.24. The number of nitrogens with one attached hydrogen (secondary N) is 2. The third-order valence-corrected chi connectivity index (χ3v) is 5.33. The number of nitrogens with zero attached hydrogens (tertiary/aromatic N) is 2. The molecule has 2 amide bonds. The Bertz CT molecular complexity index is 1030. The van der Waals surface area contributed by atoms with Crippen LogP contribution in [0.5, 0.6) is 5.75 Å². The van der Waals surface area contributed by atoms with Crippen LogP contribution in [-0.2, 0) is 6.61 Å². The first-order valence-electron chi connectivity index (χ1n) is 10.2. The van der Waals surface area contributed by atoms with Crippen LogP contribution in [0.15, 0.2) is 42.5 Å². The van der Waals surface area contributed by atoms with Gasteiger partial charge in [-0.3, -0.25) is 9.59 Å². The van der Waals surface area contributed by atoms with Gasteiger partial charge in [0.25, 0.3) is 11.8 Å². The Morgan fingerprint density at radius 1 is 1.00 bits per heavy atom. The Balaban J connectivity index is 1.54. The van der Waals surface area contributed by atoms with Crippen molar-refractivity contribution in [3.8, 4) is 5.75 Å². The molecule has 8 heteroatoms. The molecule has 2 N–H and O–H groups in total. The first-order chi connectivity index (χ1) is 14.9. The third kappa shape index (κ3) is 6.62. The van der Waals surface area contributed by atoms with Crippen LogP contribution in [0.25, 0.3) is 0 Å². The molecule has 3 aromatic rings. The fourth-order valence-electron chi connectivity index (χ4n) is 2.94. The molecule has 0 unspecified atom stereocenters. The number of rotatable bonds is 9. The molecule has 2 aromatic carbocycles. The third-order valence-electron chi connectivity index (χ3n) is 4.44. The van der Waals surface area contributed by atoms with Gasteiger partial charge in [-0.1, -0.05) is 30.7 Å². The zero-order valence-corrected chi connectivity index (χ0v) is 18.7. The molecule has 0 atom stereocenters. The van der Waals surface area contributed by atoms with Gasteiger partial charge >= 0.3 is 0 Å². The second-order valence-corrected chi connectivity index (χ2v) is 8.32. The van der Waals surface area contributed by atoms with E-state index in [1.807, 2.05) is 26.0 Å². The molecular weight excluding hydrogens is 412 g/mol. The summed E-state index contributed by atoms with van der Waals surface area (Å²) in [5, 5.41) is 14.5. The maximum Gasteiger partial charge on any atom is 0.286 e. The number of anilines is 1. The van der Waals surface area contributed by atoms with E-state index in [9.17, 15) is 9.59 Å². The molecule has 0 aliphatic rings. The van der Waals surface area contributed by atoms with Crippen molar-refractivity contribution in [1.29, 1.82) is 0 Å². The van der Waals surface area contributed by atoms with E-state index in [1.54, 1.807) is 24.3 Å². The topological polar surface area (TPSA) is 93.2 Å². The fraction of sp³-hybridized carbons (Fsp3) is 0.304. The summed E-state index contributed by atoms with van der Waals surface area (Å²) < 4.78 is 5.77. The lowest BCUT2D eigenvalue weighted by atomic mass is 10.1. The van der Waals surface area contributed by atoms with E-state index in [4.69, 9.17) is 4.74 Å². The highest BCUT2D eigenvalue weighted by Crippen LogP contribution is 2.19. The number of unbranched alkanes of at least 4 members (excludes halogenated alkanes) is 1. The van der Waals surface area contributed by atoms with Crippen molar-refractivity contribution in [2.75, 3.05) is 11.9 Å². The molecule has 0 spiro atoms. The normalized spacial score (nSPS) is 10.5. The summed E-state index contributed by atoms with van der Waals surface area (Å²) in [6, 6.07) is 12.7. The first-order valence-corrected chi connectivity index (χ1v) is 11.0. The van der Waals surface area contributed by atoms with Gasteiger partial charge < -0.3 is 15.4 Å². The van der Waals surface area contributed by atoms with Gasteiger partial charge in [0.15, 0.2) is 5.01 Å². The molecule has 0 bridgehead atoms. The number of benzene rings is 2. The highest BCUT2D eigenvalue weighted by atomic mass is 32.1. The predicted octanol–water partition coefficient (Wildman–Crippen LogP) is 4.52. The predicted molar refractivity (Wildman–Crippen MR) is 122 cm³/mol. The Morgan fingerprint density at radius 2 is 1.71 bits per heavy atom. The maximum absolute atomic E-state index is 12.5.